The van der Waals surface area contributed by atoms with Crippen molar-refractivity contribution in [2.75, 3.05) is 10.9 Å². The zero-order chi connectivity index (χ0) is 13.1. The molecule has 0 heterocycles. The topological polar surface area (TPSA) is 24.1 Å². The van der Waals surface area contributed by atoms with E-state index in [4.69, 9.17) is 23.2 Å². The molecule has 0 atom stereocenters. The van der Waals surface area contributed by atoms with Crippen molar-refractivity contribution in [1.29, 1.82) is 0 Å². The first-order valence-corrected chi connectivity index (χ1v) is 5.75. The Morgan fingerprint density at radius 1 is 0.833 bits per heavy atom. The van der Waals surface area contributed by atoms with Gasteiger partial charge in [-0.25, -0.2) is 8.78 Å². The van der Waals surface area contributed by atoms with Crippen LogP contribution in [0.1, 0.15) is 0 Å². The van der Waals surface area contributed by atoms with Crippen LogP contribution in [0, 0.1) is 11.6 Å². The monoisotopic (exact) mass is 288 g/mol. The second-order valence-corrected chi connectivity index (χ2v) is 4.24. The van der Waals surface area contributed by atoms with Gasteiger partial charge in [-0.3, -0.25) is 10.9 Å². The molecule has 0 aliphatic carbocycles. The predicted molar refractivity (Wildman–Crippen MR) is 70.1 cm³/mol. The number of rotatable bonds is 3. The van der Waals surface area contributed by atoms with E-state index in [1.54, 1.807) is 18.2 Å². The molecule has 2 nitrogen and oxygen atoms in total. The first-order valence-electron chi connectivity index (χ1n) is 4.99. The minimum Gasteiger partial charge on any atom is -0.299 e. The molecular weight excluding hydrogens is 281 g/mol. The van der Waals surface area contributed by atoms with Crippen molar-refractivity contribution in [3.63, 3.8) is 0 Å². The molecule has 0 unspecified atom stereocenters. The summed E-state index contributed by atoms with van der Waals surface area (Å²) >= 11 is 11.7. The third-order valence-corrected chi connectivity index (χ3v) is 3.05. The minimum absolute atomic E-state index is 0.0222. The standard InChI is InChI=1S/C12H8Cl2F2N2/c13-7-3-1-5-9(11(7)14)17-18-10-6-2-4-8(15)12(10)16/h1-6,17-18H. The summed E-state index contributed by atoms with van der Waals surface area (Å²) in [5.41, 5.74) is 5.64. The van der Waals surface area contributed by atoms with E-state index in [2.05, 4.69) is 10.9 Å². The Labute approximate surface area is 112 Å². The number of halogens is 4. The van der Waals surface area contributed by atoms with Gasteiger partial charge in [-0.15, -0.1) is 0 Å². The molecule has 0 fully saturated rings. The third kappa shape index (κ3) is 2.66. The van der Waals surface area contributed by atoms with Crippen LogP contribution < -0.4 is 10.9 Å². The third-order valence-electron chi connectivity index (χ3n) is 2.24. The van der Waals surface area contributed by atoms with E-state index in [1.165, 1.54) is 12.1 Å². The van der Waals surface area contributed by atoms with Gasteiger partial charge in [-0.2, -0.15) is 0 Å². The van der Waals surface area contributed by atoms with Gasteiger partial charge in [-0.1, -0.05) is 35.3 Å². The van der Waals surface area contributed by atoms with Gasteiger partial charge in [0.05, 0.1) is 21.4 Å². The smallest absolute Gasteiger partial charge is 0.183 e. The van der Waals surface area contributed by atoms with Crippen LogP contribution in [0.4, 0.5) is 20.2 Å². The lowest BCUT2D eigenvalue weighted by Crippen LogP contribution is -2.11. The van der Waals surface area contributed by atoms with Gasteiger partial charge >= 0.3 is 0 Å². The molecule has 2 aromatic rings. The summed E-state index contributed by atoms with van der Waals surface area (Å²) in [4.78, 5) is 0. The minimum atomic E-state index is -0.969. The Balaban J connectivity index is 2.17. The number of anilines is 2. The fraction of sp³-hybridized carbons (Fsp3) is 0. The lowest BCUT2D eigenvalue weighted by atomic mass is 10.3. The molecule has 0 spiro atoms. The molecule has 2 aromatic carbocycles. The summed E-state index contributed by atoms with van der Waals surface area (Å²) in [5.74, 6) is -1.90. The SMILES string of the molecule is Fc1cccc(NNc2cccc(Cl)c2Cl)c1F. The molecule has 6 heteroatoms. The molecule has 0 saturated carbocycles. The predicted octanol–water partition coefficient (Wildman–Crippen LogP) is 4.71. The van der Waals surface area contributed by atoms with Gasteiger partial charge in [0.15, 0.2) is 11.6 Å². The normalized spacial score (nSPS) is 10.2. The van der Waals surface area contributed by atoms with Crippen molar-refractivity contribution in [2.45, 2.75) is 0 Å². The van der Waals surface area contributed by atoms with Crippen LogP contribution >= 0.6 is 23.2 Å². The summed E-state index contributed by atoms with van der Waals surface area (Å²) in [7, 11) is 0. The Kier molecular flexibility index (Phi) is 3.89. The molecule has 0 aromatic heterocycles. The van der Waals surface area contributed by atoms with Crippen molar-refractivity contribution < 1.29 is 8.78 Å². The Hall–Kier alpha value is -1.52. The van der Waals surface area contributed by atoms with Crippen molar-refractivity contribution in [3.8, 4) is 0 Å². The number of hydrazine groups is 1. The van der Waals surface area contributed by atoms with Crippen LogP contribution in [-0.2, 0) is 0 Å². The van der Waals surface area contributed by atoms with Crippen molar-refractivity contribution in [1.82, 2.24) is 0 Å². The Morgan fingerprint density at radius 2 is 1.44 bits per heavy atom. The highest BCUT2D eigenvalue weighted by Crippen LogP contribution is 2.29. The molecule has 18 heavy (non-hydrogen) atoms. The first-order chi connectivity index (χ1) is 8.59. The summed E-state index contributed by atoms with van der Waals surface area (Å²) in [6.07, 6.45) is 0. The van der Waals surface area contributed by atoms with Crippen LogP contribution in [-0.4, -0.2) is 0 Å². The van der Waals surface area contributed by atoms with Gasteiger partial charge in [-0.05, 0) is 24.3 Å². The number of benzene rings is 2. The summed E-state index contributed by atoms with van der Waals surface area (Å²) in [5, 5.41) is 0.659. The lowest BCUT2D eigenvalue weighted by molar-refractivity contribution is 0.511. The number of nitrogens with one attached hydrogen (secondary N) is 2. The maximum absolute atomic E-state index is 13.3. The fourth-order valence-electron chi connectivity index (χ4n) is 1.34. The average molecular weight is 289 g/mol. The Morgan fingerprint density at radius 3 is 2.22 bits per heavy atom. The molecule has 2 N–H and O–H groups in total. The molecular formula is C12H8Cl2F2N2. The zero-order valence-electron chi connectivity index (χ0n) is 8.98. The lowest BCUT2D eigenvalue weighted by Gasteiger charge is -2.12. The highest BCUT2D eigenvalue weighted by Gasteiger charge is 2.08. The fourth-order valence-corrected chi connectivity index (χ4v) is 1.68. The van der Waals surface area contributed by atoms with E-state index in [0.717, 1.165) is 6.07 Å². The first kappa shape index (κ1) is 12.9. The zero-order valence-corrected chi connectivity index (χ0v) is 10.5. The largest absolute Gasteiger partial charge is 0.299 e. The molecule has 2 rings (SSSR count). The second-order valence-electron chi connectivity index (χ2n) is 3.45. The maximum Gasteiger partial charge on any atom is 0.183 e. The van der Waals surface area contributed by atoms with E-state index in [0.29, 0.717) is 15.7 Å². The summed E-state index contributed by atoms with van der Waals surface area (Å²) < 4.78 is 26.3. The molecule has 0 aliphatic rings. The molecule has 0 bridgehead atoms. The molecule has 0 saturated heterocycles. The highest BCUT2D eigenvalue weighted by molar-refractivity contribution is 6.43. The quantitative estimate of drug-likeness (QED) is 0.799. The van der Waals surface area contributed by atoms with E-state index < -0.39 is 11.6 Å². The van der Waals surface area contributed by atoms with Gasteiger partial charge in [0, 0.05) is 0 Å². The van der Waals surface area contributed by atoms with E-state index in [9.17, 15) is 8.78 Å². The molecule has 94 valence electrons. The van der Waals surface area contributed by atoms with Crippen molar-refractivity contribution in [3.05, 3.63) is 58.1 Å². The van der Waals surface area contributed by atoms with Crippen LogP contribution in [0.25, 0.3) is 0 Å². The molecule has 0 amide bonds. The maximum atomic E-state index is 13.3. The van der Waals surface area contributed by atoms with Crippen molar-refractivity contribution in [2.24, 2.45) is 0 Å². The van der Waals surface area contributed by atoms with Crippen LogP contribution in [0.5, 0.6) is 0 Å². The molecule has 0 aliphatic heterocycles. The van der Waals surface area contributed by atoms with Crippen LogP contribution in [0.2, 0.25) is 10.0 Å². The number of hydrogen-bond donors (Lipinski definition) is 2. The van der Waals surface area contributed by atoms with E-state index in [-0.39, 0.29) is 5.69 Å². The Bertz CT molecular complexity index is 524. The van der Waals surface area contributed by atoms with Crippen LogP contribution in [0.15, 0.2) is 36.4 Å². The average Bonchev–Trinajstić information content (AvgIpc) is 2.36. The number of hydrogen-bond acceptors (Lipinski definition) is 2. The van der Waals surface area contributed by atoms with Gasteiger partial charge in [0.25, 0.3) is 0 Å². The van der Waals surface area contributed by atoms with Crippen molar-refractivity contribution >= 4 is 34.6 Å². The van der Waals surface area contributed by atoms with E-state index in [1.807, 2.05) is 0 Å². The van der Waals surface area contributed by atoms with Gasteiger partial charge in [0.2, 0.25) is 0 Å². The van der Waals surface area contributed by atoms with Crippen LogP contribution in [0.3, 0.4) is 0 Å². The summed E-state index contributed by atoms with van der Waals surface area (Å²) in [6.45, 7) is 0. The van der Waals surface area contributed by atoms with Gasteiger partial charge < -0.3 is 0 Å². The van der Waals surface area contributed by atoms with Gasteiger partial charge in [0.1, 0.15) is 0 Å². The highest BCUT2D eigenvalue weighted by atomic mass is 35.5. The van der Waals surface area contributed by atoms with E-state index >= 15 is 0 Å². The second kappa shape index (κ2) is 5.42. The summed E-state index contributed by atoms with van der Waals surface area (Å²) in [6, 6.07) is 8.77. The molecule has 0 radical (unpaired) electrons.